The van der Waals surface area contributed by atoms with Gasteiger partial charge in [0.05, 0.1) is 28.1 Å². The van der Waals surface area contributed by atoms with Crippen LogP contribution in [0.25, 0.3) is 105 Å². The summed E-state index contributed by atoms with van der Waals surface area (Å²) in [5, 5.41) is 9.52. The monoisotopic (exact) mass is 675 g/mol. The number of imidazole rings is 1. The molecule has 0 amide bonds. The third-order valence-corrected chi connectivity index (χ3v) is 10.4. The van der Waals surface area contributed by atoms with Crippen LogP contribution in [0.4, 0.5) is 0 Å². The van der Waals surface area contributed by atoms with Crippen LogP contribution in [0.5, 0.6) is 0 Å². The zero-order valence-electron chi connectivity index (χ0n) is 28.5. The lowest BCUT2D eigenvalue weighted by atomic mass is 9.93. The molecule has 3 heterocycles. The zero-order valence-corrected chi connectivity index (χ0v) is 28.5. The van der Waals surface area contributed by atoms with Crippen molar-refractivity contribution < 1.29 is 0 Å². The molecule has 0 N–H and O–H groups in total. The molecule has 0 atom stereocenters. The van der Waals surface area contributed by atoms with Gasteiger partial charge in [-0.05, 0) is 85.6 Å². The summed E-state index contributed by atoms with van der Waals surface area (Å²) in [5.41, 5.74) is 8.58. The van der Waals surface area contributed by atoms with Crippen LogP contribution in [-0.2, 0) is 0 Å². The maximum Gasteiger partial charge on any atom is 0.235 e. The Morgan fingerprint density at radius 2 is 0.906 bits per heavy atom. The number of hydrogen-bond donors (Lipinski definition) is 0. The van der Waals surface area contributed by atoms with Crippen molar-refractivity contribution in [2.45, 2.75) is 0 Å². The maximum absolute atomic E-state index is 5.36. The Labute approximate surface area is 304 Å². The van der Waals surface area contributed by atoms with Gasteiger partial charge < -0.3 is 0 Å². The first-order chi connectivity index (χ1) is 26.2. The molecule has 0 bridgehead atoms. The molecular formula is C48H29N5. The molecule has 0 spiro atoms. The fourth-order valence-corrected chi connectivity index (χ4v) is 7.91. The molecule has 0 saturated carbocycles. The highest BCUT2D eigenvalue weighted by molar-refractivity contribution is 6.15. The Hall–Kier alpha value is -7.24. The first kappa shape index (κ1) is 29.5. The van der Waals surface area contributed by atoms with Crippen molar-refractivity contribution in [2.75, 3.05) is 0 Å². The molecule has 0 aliphatic heterocycles. The van der Waals surface area contributed by atoms with Gasteiger partial charge in [-0.2, -0.15) is 0 Å². The van der Waals surface area contributed by atoms with Crippen LogP contribution < -0.4 is 0 Å². The Bertz CT molecular complexity index is 3110. The summed E-state index contributed by atoms with van der Waals surface area (Å²) in [6.07, 6.45) is 2.05. The van der Waals surface area contributed by atoms with E-state index in [1.54, 1.807) is 0 Å². The molecule has 0 aliphatic rings. The van der Waals surface area contributed by atoms with Gasteiger partial charge in [0.25, 0.3) is 0 Å². The first-order valence-corrected chi connectivity index (χ1v) is 17.8. The predicted molar refractivity (Wildman–Crippen MR) is 218 cm³/mol. The minimum atomic E-state index is 0.654. The summed E-state index contributed by atoms with van der Waals surface area (Å²) >= 11 is 0. The van der Waals surface area contributed by atoms with Crippen LogP contribution in [0.1, 0.15) is 0 Å². The molecule has 5 nitrogen and oxygen atoms in total. The van der Waals surface area contributed by atoms with E-state index in [-0.39, 0.29) is 0 Å². The van der Waals surface area contributed by atoms with E-state index >= 15 is 0 Å². The fraction of sp³-hybridized carbons (Fsp3) is 0. The first-order valence-electron chi connectivity index (χ1n) is 17.8. The smallest absolute Gasteiger partial charge is 0.235 e. The van der Waals surface area contributed by atoms with Crippen molar-refractivity contribution in [3.05, 3.63) is 176 Å². The number of para-hydroxylation sites is 2. The van der Waals surface area contributed by atoms with Crippen LogP contribution in [0.3, 0.4) is 0 Å². The lowest BCUT2D eigenvalue weighted by molar-refractivity contribution is 1.14. The number of nitrogens with zero attached hydrogens (tertiary/aromatic N) is 5. The Morgan fingerprint density at radius 1 is 0.358 bits per heavy atom. The molecule has 0 saturated heterocycles. The van der Waals surface area contributed by atoms with E-state index in [0.29, 0.717) is 11.6 Å². The summed E-state index contributed by atoms with van der Waals surface area (Å²) in [7, 11) is 0. The third kappa shape index (κ3) is 4.79. The topological polar surface area (TPSA) is 56.0 Å². The molecule has 3 aromatic heterocycles. The van der Waals surface area contributed by atoms with Crippen molar-refractivity contribution in [1.29, 1.82) is 0 Å². The van der Waals surface area contributed by atoms with Gasteiger partial charge in [-0.15, -0.1) is 0 Å². The molecule has 0 radical (unpaired) electrons. The van der Waals surface area contributed by atoms with Crippen molar-refractivity contribution in [3.63, 3.8) is 0 Å². The average Bonchev–Trinajstić information content (AvgIpc) is 3.61. The minimum Gasteiger partial charge on any atom is -0.284 e. The summed E-state index contributed by atoms with van der Waals surface area (Å²) in [6.45, 7) is 0. The van der Waals surface area contributed by atoms with E-state index in [2.05, 4.69) is 146 Å². The van der Waals surface area contributed by atoms with E-state index in [4.69, 9.17) is 19.9 Å². The van der Waals surface area contributed by atoms with Gasteiger partial charge in [0.15, 0.2) is 5.82 Å². The quantitative estimate of drug-likeness (QED) is 0.174. The second-order valence-corrected chi connectivity index (χ2v) is 13.5. The molecule has 0 fully saturated rings. The van der Waals surface area contributed by atoms with Gasteiger partial charge in [-0.3, -0.25) is 4.40 Å². The van der Waals surface area contributed by atoms with E-state index < -0.39 is 0 Å². The van der Waals surface area contributed by atoms with Gasteiger partial charge in [0.2, 0.25) is 5.78 Å². The highest BCUT2D eigenvalue weighted by Gasteiger charge is 2.18. The van der Waals surface area contributed by atoms with E-state index in [0.717, 1.165) is 61.1 Å². The number of aromatic nitrogens is 5. The molecule has 53 heavy (non-hydrogen) atoms. The Morgan fingerprint density at radius 3 is 1.57 bits per heavy atom. The van der Waals surface area contributed by atoms with E-state index in [1.807, 2.05) is 34.9 Å². The minimum absolute atomic E-state index is 0.654. The van der Waals surface area contributed by atoms with Gasteiger partial charge in [-0.1, -0.05) is 127 Å². The average molecular weight is 676 g/mol. The van der Waals surface area contributed by atoms with Crippen molar-refractivity contribution in [1.82, 2.24) is 24.3 Å². The van der Waals surface area contributed by atoms with Crippen LogP contribution in [-0.4, -0.2) is 24.3 Å². The summed E-state index contributed by atoms with van der Waals surface area (Å²) in [5.74, 6) is 1.32. The van der Waals surface area contributed by atoms with Crippen LogP contribution in [0.15, 0.2) is 176 Å². The molecular weight excluding hydrogens is 647 g/mol. The zero-order chi connectivity index (χ0) is 34.9. The maximum atomic E-state index is 5.36. The summed E-state index contributed by atoms with van der Waals surface area (Å²) < 4.78 is 2.03. The van der Waals surface area contributed by atoms with Crippen LogP contribution >= 0.6 is 0 Å². The molecule has 0 unspecified atom stereocenters. The standard InChI is InChI=1S/C48H29N5/c1-3-16-34-30(12-1)27-40(38-20-7-5-18-36(34)38)44-29-45(41-28-31-13-2-4-17-35(31)37-19-6-8-21-39(37)41)50-47(49-44)33-15-11-14-32(26-33)42-24-25-53-46-23-10-9-22-43(46)52-48(53)51-42/h1-29H. The Balaban J connectivity index is 1.16. The van der Waals surface area contributed by atoms with Crippen LogP contribution in [0.2, 0.25) is 0 Å². The van der Waals surface area contributed by atoms with Gasteiger partial charge >= 0.3 is 0 Å². The van der Waals surface area contributed by atoms with Crippen molar-refractivity contribution in [2.24, 2.45) is 0 Å². The fourth-order valence-electron chi connectivity index (χ4n) is 7.91. The second-order valence-electron chi connectivity index (χ2n) is 13.5. The molecule has 246 valence electrons. The predicted octanol–water partition coefficient (Wildman–Crippen LogP) is 12.0. The summed E-state index contributed by atoms with van der Waals surface area (Å²) in [4.78, 5) is 20.5. The Kier molecular flexibility index (Phi) is 6.48. The number of rotatable bonds is 4. The van der Waals surface area contributed by atoms with Crippen LogP contribution in [0, 0.1) is 0 Å². The number of hydrogen-bond acceptors (Lipinski definition) is 4. The van der Waals surface area contributed by atoms with Crippen molar-refractivity contribution in [3.8, 4) is 45.2 Å². The molecule has 11 rings (SSSR count). The van der Waals surface area contributed by atoms with Crippen molar-refractivity contribution >= 4 is 59.9 Å². The molecule has 0 aliphatic carbocycles. The molecule has 11 aromatic rings. The lowest BCUT2D eigenvalue weighted by Crippen LogP contribution is -1.98. The van der Waals surface area contributed by atoms with Gasteiger partial charge in [0, 0.05) is 28.5 Å². The normalized spacial score (nSPS) is 11.8. The number of fused-ring (bicyclic) bond motifs is 9. The highest BCUT2D eigenvalue weighted by atomic mass is 15.1. The lowest BCUT2D eigenvalue weighted by Gasteiger charge is -2.15. The highest BCUT2D eigenvalue weighted by Crippen LogP contribution is 2.39. The second kappa shape index (κ2) is 11.7. The van der Waals surface area contributed by atoms with Gasteiger partial charge in [-0.25, -0.2) is 19.9 Å². The SMILES string of the molecule is c1cc(-c2ccn3c(n2)nc2ccccc23)cc(-c2nc(-c3cc4ccccc4c4ccccc34)cc(-c3cc4ccccc4c4ccccc34)n2)c1. The van der Waals surface area contributed by atoms with Gasteiger partial charge in [0.1, 0.15) is 0 Å². The number of benzene rings is 8. The molecule has 8 aromatic carbocycles. The van der Waals surface area contributed by atoms with E-state index in [1.165, 1.54) is 32.3 Å². The van der Waals surface area contributed by atoms with E-state index in [9.17, 15) is 0 Å². The molecule has 5 heteroatoms. The summed E-state index contributed by atoms with van der Waals surface area (Å²) in [6, 6.07) is 59.7. The largest absolute Gasteiger partial charge is 0.284 e. The third-order valence-electron chi connectivity index (χ3n) is 10.4.